The van der Waals surface area contributed by atoms with Gasteiger partial charge in [-0.1, -0.05) is 13.8 Å². The summed E-state index contributed by atoms with van der Waals surface area (Å²) in [6.45, 7) is 14.3. The number of aromatic nitrogens is 3. The van der Waals surface area contributed by atoms with E-state index >= 15 is 0 Å². The predicted molar refractivity (Wildman–Crippen MR) is 105 cm³/mol. The van der Waals surface area contributed by atoms with Gasteiger partial charge in [0.05, 0.1) is 22.2 Å². The minimum absolute atomic E-state index is 0.0236. The van der Waals surface area contributed by atoms with Crippen LogP contribution in [0.2, 0.25) is 0 Å². The van der Waals surface area contributed by atoms with E-state index in [1.807, 2.05) is 17.7 Å². The van der Waals surface area contributed by atoms with Crippen molar-refractivity contribution in [3.8, 4) is 0 Å². The highest BCUT2D eigenvalue weighted by atomic mass is 16.1. The third-order valence-corrected chi connectivity index (χ3v) is 4.94. The van der Waals surface area contributed by atoms with E-state index in [0.29, 0.717) is 5.56 Å². The molecule has 0 unspecified atom stereocenters. The van der Waals surface area contributed by atoms with E-state index in [1.165, 1.54) is 0 Å². The second kappa shape index (κ2) is 6.99. The molecule has 0 bridgehead atoms. The summed E-state index contributed by atoms with van der Waals surface area (Å²) in [7, 11) is 0. The fourth-order valence-corrected chi connectivity index (χ4v) is 3.49. The van der Waals surface area contributed by atoms with Gasteiger partial charge in [0.2, 0.25) is 0 Å². The monoisotopic (exact) mass is 357 g/mol. The van der Waals surface area contributed by atoms with Gasteiger partial charge >= 0.3 is 0 Å². The van der Waals surface area contributed by atoms with Crippen molar-refractivity contribution in [3.63, 3.8) is 0 Å². The number of piperidine rings is 1. The fourth-order valence-electron chi connectivity index (χ4n) is 3.49. The number of amides is 1. The Balaban J connectivity index is 2.10. The topological polar surface area (TPSA) is 71.8 Å². The predicted octanol–water partition coefficient (Wildman–Crippen LogP) is 3.10. The second-order valence-electron chi connectivity index (χ2n) is 8.63. The highest BCUT2D eigenvalue weighted by Gasteiger charge is 2.26. The first-order chi connectivity index (χ1) is 12.2. The van der Waals surface area contributed by atoms with Crippen LogP contribution in [0.25, 0.3) is 11.0 Å². The Labute approximate surface area is 155 Å². The molecule has 142 valence electrons. The molecule has 6 heteroatoms. The maximum Gasteiger partial charge on any atom is 0.252 e. The van der Waals surface area contributed by atoms with Crippen molar-refractivity contribution in [2.24, 2.45) is 0 Å². The van der Waals surface area contributed by atoms with Crippen molar-refractivity contribution in [2.45, 2.75) is 71.9 Å². The molecule has 26 heavy (non-hydrogen) atoms. The molecule has 1 aliphatic rings. The zero-order valence-electron chi connectivity index (χ0n) is 16.8. The molecule has 0 radical (unpaired) electrons. The zero-order chi connectivity index (χ0) is 19.1. The van der Waals surface area contributed by atoms with Crippen LogP contribution in [0, 0.1) is 6.92 Å². The number of hydrogen-bond donors (Lipinski definition) is 2. The number of pyridine rings is 1. The van der Waals surface area contributed by atoms with E-state index in [9.17, 15) is 4.79 Å². The molecule has 6 nitrogen and oxygen atoms in total. The van der Waals surface area contributed by atoms with Gasteiger partial charge in [-0.25, -0.2) is 9.67 Å². The highest BCUT2D eigenvalue weighted by molar-refractivity contribution is 6.06. The summed E-state index contributed by atoms with van der Waals surface area (Å²) in [4.78, 5) is 18.0. The van der Waals surface area contributed by atoms with Crippen molar-refractivity contribution in [1.82, 2.24) is 25.4 Å². The summed E-state index contributed by atoms with van der Waals surface area (Å²) in [5, 5.41) is 12.1. The molecule has 0 aromatic carbocycles. The summed E-state index contributed by atoms with van der Waals surface area (Å²) in [5.74, 6) is 0.218. The minimum atomic E-state index is -0.198. The van der Waals surface area contributed by atoms with Crippen molar-refractivity contribution < 1.29 is 4.79 Å². The molecule has 1 aliphatic heterocycles. The van der Waals surface area contributed by atoms with Gasteiger partial charge < -0.3 is 10.6 Å². The summed E-state index contributed by atoms with van der Waals surface area (Å²) >= 11 is 0. The molecule has 3 rings (SSSR count). The van der Waals surface area contributed by atoms with Gasteiger partial charge in [0, 0.05) is 18.3 Å². The van der Waals surface area contributed by atoms with E-state index in [0.717, 1.165) is 48.4 Å². The lowest BCUT2D eigenvalue weighted by atomic mass is 10.0. The molecule has 3 heterocycles. The lowest BCUT2D eigenvalue weighted by Gasteiger charge is -2.24. The van der Waals surface area contributed by atoms with Crippen molar-refractivity contribution in [1.29, 1.82) is 0 Å². The molecular weight excluding hydrogens is 326 g/mol. The molecule has 2 aromatic rings. The Morgan fingerprint density at radius 1 is 1.38 bits per heavy atom. The first kappa shape index (κ1) is 18.8. The summed E-state index contributed by atoms with van der Waals surface area (Å²) < 4.78 is 1.95. The van der Waals surface area contributed by atoms with Gasteiger partial charge in [-0.3, -0.25) is 4.79 Å². The van der Waals surface area contributed by atoms with E-state index in [-0.39, 0.29) is 23.4 Å². The first-order valence-corrected chi connectivity index (χ1v) is 9.61. The zero-order valence-corrected chi connectivity index (χ0v) is 16.8. The van der Waals surface area contributed by atoms with E-state index in [1.54, 1.807) is 0 Å². The Kier molecular flexibility index (Phi) is 5.06. The number of rotatable bonds is 3. The molecule has 0 spiro atoms. The number of nitrogens with zero attached hydrogens (tertiary/aromatic N) is 3. The molecule has 2 aromatic heterocycles. The number of fused-ring (bicyclic) bond motifs is 1. The SMILES string of the molecule is Cc1nn(C(C)(C)C)c2nc(C(C)C)cc(C(=O)N[C@H]3CCCNC3)c12. The summed E-state index contributed by atoms with van der Waals surface area (Å²) in [6.07, 6.45) is 2.11. The van der Waals surface area contributed by atoms with Crippen LogP contribution in [0.5, 0.6) is 0 Å². The molecule has 0 aliphatic carbocycles. The lowest BCUT2D eigenvalue weighted by Crippen LogP contribution is -2.45. The Morgan fingerprint density at radius 2 is 2.12 bits per heavy atom. The van der Waals surface area contributed by atoms with Crippen LogP contribution in [0.15, 0.2) is 6.07 Å². The maximum absolute atomic E-state index is 13.1. The van der Waals surface area contributed by atoms with Crippen LogP contribution in [0.1, 0.15) is 75.1 Å². The number of carbonyl (C=O) groups excluding carboxylic acids is 1. The van der Waals surface area contributed by atoms with Crippen LogP contribution < -0.4 is 10.6 Å². The Hall–Kier alpha value is -1.95. The van der Waals surface area contributed by atoms with Gasteiger partial charge in [0.15, 0.2) is 5.65 Å². The van der Waals surface area contributed by atoms with Gasteiger partial charge in [-0.15, -0.1) is 0 Å². The Bertz CT molecular complexity index is 810. The lowest BCUT2D eigenvalue weighted by molar-refractivity contribution is 0.0932. The Morgan fingerprint density at radius 3 is 2.69 bits per heavy atom. The third kappa shape index (κ3) is 3.61. The van der Waals surface area contributed by atoms with Crippen molar-refractivity contribution in [2.75, 3.05) is 13.1 Å². The quantitative estimate of drug-likeness (QED) is 0.885. The normalized spacial score (nSPS) is 18.5. The summed E-state index contributed by atoms with van der Waals surface area (Å²) in [6, 6.07) is 2.13. The van der Waals surface area contributed by atoms with Crippen LogP contribution >= 0.6 is 0 Å². The maximum atomic E-state index is 13.1. The average molecular weight is 358 g/mol. The van der Waals surface area contributed by atoms with E-state index in [4.69, 9.17) is 10.1 Å². The van der Waals surface area contributed by atoms with Crippen LogP contribution in [-0.2, 0) is 5.54 Å². The van der Waals surface area contributed by atoms with E-state index < -0.39 is 0 Å². The molecule has 1 fully saturated rings. The fraction of sp³-hybridized carbons (Fsp3) is 0.650. The van der Waals surface area contributed by atoms with Crippen molar-refractivity contribution in [3.05, 3.63) is 23.0 Å². The third-order valence-electron chi connectivity index (χ3n) is 4.94. The standard InChI is InChI=1S/C20H31N5O/c1-12(2)16-10-15(19(26)22-14-8-7-9-21-11-14)17-13(3)24-25(18(17)23-16)20(4,5)6/h10,12,14,21H,7-9,11H2,1-6H3,(H,22,26)/t14-/m0/s1. The van der Waals surface area contributed by atoms with Gasteiger partial charge in [0.1, 0.15) is 0 Å². The van der Waals surface area contributed by atoms with Crippen LogP contribution in [-0.4, -0.2) is 39.8 Å². The van der Waals surface area contributed by atoms with Crippen molar-refractivity contribution >= 4 is 16.9 Å². The van der Waals surface area contributed by atoms with Crippen LogP contribution in [0.4, 0.5) is 0 Å². The van der Waals surface area contributed by atoms with Gasteiger partial charge in [0.25, 0.3) is 5.91 Å². The molecule has 1 saturated heterocycles. The smallest absolute Gasteiger partial charge is 0.252 e. The minimum Gasteiger partial charge on any atom is -0.348 e. The highest BCUT2D eigenvalue weighted by Crippen LogP contribution is 2.29. The molecule has 1 amide bonds. The number of hydrogen-bond acceptors (Lipinski definition) is 4. The van der Waals surface area contributed by atoms with Gasteiger partial charge in [-0.05, 0) is 59.1 Å². The summed E-state index contributed by atoms with van der Waals surface area (Å²) in [5.41, 5.74) is 3.07. The largest absolute Gasteiger partial charge is 0.348 e. The average Bonchev–Trinajstić information content (AvgIpc) is 2.92. The van der Waals surface area contributed by atoms with Gasteiger partial charge in [-0.2, -0.15) is 5.10 Å². The molecule has 0 saturated carbocycles. The molecular formula is C20H31N5O. The number of aryl methyl sites for hydroxylation is 1. The molecule has 2 N–H and O–H groups in total. The van der Waals surface area contributed by atoms with Crippen LogP contribution in [0.3, 0.4) is 0 Å². The second-order valence-corrected chi connectivity index (χ2v) is 8.63. The number of carbonyl (C=O) groups is 1. The first-order valence-electron chi connectivity index (χ1n) is 9.61. The molecule has 1 atom stereocenters. The number of nitrogens with one attached hydrogen (secondary N) is 2. The van der Waals surface area contributed by atoms with E-state index in [2.05, 4.69) is 45.3 Å².